The summed E-state index contributed by atoms with van der Waals surface area (Å²) in [4.78, 5) is 29.2. The third-order valence-corrected chi connectivity index (χ3v) is 5.95. The lowest BCUT2D eigenvalue weighted by molar-refractivity contribution is -0.136. The Morgan fingerprint density at radius 3 is 2.75 bits per heavy atom. The zero-order chi connectivity index (χ0) is 16.6. The van der Waals surface area contributed by atoms with E-state index in [1.165, 1.54) is 11.3 Å². The summed E-state index contributed by atoms with van der Waals surface area (Å²) in [6.07, 6.45) is 1.41. The Morgan fingerprint density at radius 1 is 1.25 bits per heavy atom. The number of amides is 2. The highest BCUT2D eigenvalue weighted by Crippen LogP contribution is 2.40. The molecule has 1 aromatic heterocycles. The molecule has 1 aromatic rings. The van der Waals surface area contributed by atoms with Crippen molar-refractivity contribution in [3.63, 3.8) is 0 Å². The Hall–Kier alpha value is -1.44. The van der Waals surface area contributed by atoms with E-state index in [1.54, 1.807) is 0 Å². The van der Waals surface area contributed by atoms with Gasteiger partial charge in [-0.05, 0) is 23.8 Å². The molecule has 4 rings (SSSR count). The standard InChI is InChI=1S/C17H22N2O4S/c20-15(18-3-5-22-6-4-18)8-13-9-17(23-10-13)11-19(12-17)16(21)14-2-1-7-24-14/h1-2,7,13H,3-6,8-12H2. The first-order valence-corrected chi connectivity index (χ1v) is 9.35. The average molecular weight is 350 g/mol. The van der Waals surface area contributed by atoms with Crippen molar-refractivity contribution in [1.82, 2.24) is 9.80 Å². The molecule has 130 valence electrons. The second-order valence-electron chi connectivity index (χ2n) is 6.90. The van der Waals surface area contributed by atoms with Gasteiger partial charge in [0.2, 0.25) is 5.91 Å². The summed E-state index contributed by atoms with van der Waals surface area (Å²) < 4.78 is 11.3. The van der Waals surface area contributed by atoms with E-state index in [0.717, 1.165) is 11.3 Å². The largest absolute Gasteiger partial charge is 0.378 e. The molecule has 3 fully saturated rings. The molecule has 7 heteroatoms. The molecule has 6 nitrogen and oxygen atoms in total. The Morgan fingerprint density at radius 2 is 2.04 bits per heavy atom. The molecule has 0 radical (unpaired) electrons. The van der Waals surface area contributed by atoms with Crippen LogP contribution in [0.2, 0.25) is 0 Å². The van der Waals surface area contributed by atoms with E-state index in [4.69, 9.17) is 9.47 Å². The third-order valence-electron chi connectivity index (χ3n) is 5.09. The number of nitrogens with zero attached hydrogens (tertiary/aromatic N) is 2. The summed E-state index contributed by atoms with van der Waals surface area (Å²) in [6.45, 7) is 4.57. The van der Waals surface area contributed by atoms with Crippen LogP contribution in [0.5, 0.6) is 0 Å². The van der Waals surface area contributed by atoms with Gasteiger partial charge >= 0.3 is 0 Å². The van der Waals surface area contributed by atoms with E-state index >= 15 is 0 Å². The van der Waals surface area contributed by atoms with Gasteiger partial charge in [-0.25, -0.2) is 0 Å². The minimum atomic E-state index is -0.219. The molecule has 1 spiro atoms. The molecule has 0 N–H and O–H groups in total. The van der Waals surface area contributed by atoms with Crippen molar-refractivity contribution in [3.05, 3.63) is 22.4 Å². The summed E-state index contributed by atoms with van der Waals surface area (Å²) in [6, 6.07) is 3.75. The number of morpholine rings is 1. The minimum absolute atomic E-state index is 0.0899. The number of rotatable bonds is 3. The topological polar surface area (TPSA) is 59.1 Å². The van der Waals surface area contributed by atoms with Crippen molar-refractivity contribution >= 4 is 23.2 Å². The fraction of sp³-hybridized carbons (Fsp3) is 0.647. The van der Waals surface area contributed by atoms with E-state index in [2.05, 4.69) is 0 Å². The van der Waals surface area contributed by atoms with Gasteiger partial charge in [-0.15, -0.1) is 11.3 Å². The lowest BCUT2D eigenvalue weighted by atomic mass is 9.85. The Bertz CT molecular complexity index is 606. The van der Waals surface area contributed by atoms with Crippen LogP contribution in [-0.4, -0.2) is 73.2 Å². The predicted octanol–water partition coefficient (Wildman–Crippen LogP) is 1.23. The molecule has 3 aliphatic heterocycles. The highest BCUT2D eigenvalue weighted by Gasteiger charge is 2.51. The Balaban J connectivity index is 1.27. The lowest BCUT2D eigenvalue weighted by Gasteiger charge is -2.47. The molecule has 2 amide bonds. The summed E-state index contributed by atoms with van der Waals surface area (Å²) >= 11 is 1.47. The number of hydrogen-bond acceptors (Lipinski definition) is 5. The summed E-state index contributed by atoms with van der Waals surface area (Å²) in [5.74, 6) is 0.557. The molecule has 0 aromatic carbocycles. The van der Waals surface area contributed by atoms with E-state index in [-0.39, 0.29) is 23.3 Å². The molecule has 3 saturated heterocycles. The van der Waals surface area contributed by atoms with E-state index in [1.807, 2.05) is 27.3 Å². The maximum Gasteiger partial charge on any atom is 0.264 e. The molecule has 1 unspecified atom stereocenters. The van der Waals surface area contributed by atoms with Gasteiger partial charge in [-0.2, -0.15) is 0 Å². The van der Waals surface area contributed by atoms with Crippen LogP contribution in [0, 0.1) is 5.92 Å². The zero-order valence-electron chi connectivity index (χ0n) is 13.6. The summed E-state index contributed by atoms with van der Waals surface area (Å²) in [5, 5.41) is 1.92. The number of likely N-dealkylation sites (tertiary alicyclic amines) is 1. The molecule has 4 heterocycles. The molecule has 1 atom stereocenters. The van der Waals surface area contributed by atoms with Gasteiger partial charge in [0.15, 0.2) is 0 Å². The summed E-state index contributed by atoms with van der Waals surface area (Å²) in [7, 11) is 0. The number of ether oxygens (including phenoxy) is 2. The number of carbonyl (C=O) groups is 2. The molecule has 0 saturated carbocycles. The van der Waals surface area contributed by atoms with Gasteiger partial charge in [-0.3, -0.25) is 9.59 Å². The average Bonchev–Trinajstić information content (AvgIpc) is 3.23. The zero-order valence-corrected chi connectivity index (χ0v) is 14.4. The molecule has 24 heavy (non-hydrogen) atoms. The van der Waals surface area contributed by atoms with Crippen LogP contribution >= 0.6 is 11.3 Å². The molecule has 3 aliphatic rings. The number of carbonyl (C=O) groups excluding carboxylic acids is 2. The van der Waals surface area contributed by atoms with Crippen LogP contribution in [0.25, 0.3) is 0 Å². The maximum atomic E-state index is 12.4. The van der Waals surface area contributed by atoms with Crippen molar-refractivity contribution in [2.75, 3.05) is 46.0 Å². The number of hydrogen-bond donors (Lipinski definition) is 0. The van der Waals surface area contributed by atoms with Gasteiger partial charge in [0, 0.05) is 19.5 Å². The third kappa shape index (κ3) is 3.08. The SMILES string of the molecule is O=C(CC1COC2(C1)CN(C(=O)c1cccs1)C2)N1CCOCC1. The molecule has 0 aliphatic carbocycles. The van der Waals surface area contributed by atoms with Crippen LogP contribution in [-0.2, 0) is 14.3 Å². The van der Waals surface area contributed by atoms with Gasteiger partial charge in [0.05, 0.1) is 37.8 Å². The normalized spacial score (nSPS) is 25.8. The molecular weight excluding hydrogens is 328 g/mol. The van der Waals surface area contributed by atoms with Crippen LogP contribution in [0.3, 0.4) is 0 Å². The van der Waals surface area contributed by atoms with Gasteiger partial charge in [-0.1, -0.05) is 6.07 Å². The van der Waals surface area contributed by atoms with Crippen molar-refractivity contribution in [2.45, 2.75) is 18.4 Å². The second-order valence-corrected chi connectivity index (χ2v) is 7.85. The van der Waals surface area contributed by atoms with Gasteiger partial charge in [0.1, 0.15) is 5.60 Å². The Labute approximate surface area is 145 Å². The van der Waals surface area contributed by atoms with Crippen molar-refractivity contribution in [2.24, 2.45) is 5.92 Å². The Kier molecular flexibility index (Phi) is 4.32. The molecule has 0 bridgehead atoms. The maximum absolute atomic E-state index is 12.4. The van der Waals surface area contributed by atoms with Crippen LogP contribution in [0.1, 0.15) is 22.5 Å². The fourth-order valence-corrected chi connectivity index (χ4v) is 4.52. The quantitative estimate of drug-likeness (QED) is 0.823. The van der Waals surface area contributed by atoms with Crippen molar-refractivity contribution in [3.8, 4) is 0 Å². The van der Waals surface area contributed by atoms with E-state index < -0.39 is 0 Å². The second kappa shape index (κ2) is 6.46. The predicted molar refractivity (Wildman–Crippen MR) is 89.0 cm³/mol. The van der Waals surface area contributed by atoms with Crippen LogP contribution in [0.15, 0.2) is 17.5 Å². The smallest absolute Gasteiger partial charge is 0.264 e. The van der Waals surface area contributed by atoms with E-state index in [9.17, 15) is 9.59 Å². The fourth-order valence-electron chi connectivity index (χ4n) is 3.83. The lowest BCUT2D eigenvalue weighted by Crippen LogP contribution is -2.63. The first kappa shape index (κ1) is 16.1. The highest BCUT2D eigenvalue weighted by molar-refractivity contribution is 7.12. The van der Waals surface area contributed by atoms with Crippen LogP contribution < -0.4 is 0 Å². The van der Waals surface area contributed by atoms with Crippen molar-refractivity contribution < 1.29 is 19.1 Å². The van der Waals surface area contributed by atoms with Gasteiger partial charge < -0.3 is 19.3 Å². The van der Waals surface area contributed by atoms with E-state index in [0.29, 0.717) is 52.4 Å². The summed E-state index contributed by atoms with van der Waals surface area (Å²) in [5.41, 5.74) is -0.219. The first-order chi connectivity index (χ1) is 11.7. The van der Waals surface area contributed by atoms with Crippen molar-refractivity contribution in [1.29, 1.82) is 0 Å². The van der Waals surface area contributed by atoms with Crippen LogP contribution in [0.4, 0.5) is 0 Å². The first-order valence-electron chi connectivity index (χ1n) is 8.47. The monoisotopic (exact) mass is 350 g/mol. The molecular formula is C17H22N2O4S. The number of thiophene rings is 1. The minimum Gasteiger partial charge on any atom is -0.378 e. The highest BCUT2D eigenvalue weighted by atomic mass is 32.1. The van der Waals surface area contributed by atoms with Gasteiger partial charge in [0.25, 0.3) is 5.91 Å².